The summed E-state index contributed by atoms with van der Waals surface area (Å²) in [5.41, 5.74) is 0.161. The molecular weight excluding hydrogens is 292 g/mol. The van der Waals surface area contributed by atoms with Crippen molar-refractivity contribution in [2.45, 2.75) is 25.8 Å². The number of hydrogen-bond donors (Lipinski definition) is 2. The quantitative estimate of drug-likeness (QED) is 0.291. The number of nitro benzene ring substituents is 1. The Morgan fingerprint density at radius 3 is 2.36 bits per heavy atom. The van der Waals surface area contributed by atoms with E-state index < -0.39 is 27.6 Å². The van der Waals surface area contributed by atoms with Crippen LogP contribution in [0.15, 0.2) is 24.3 Å². The predicted molar refractivity (Wildman–Crippen MR) is 74.6 cm³/mol. The molecule has 0 aliphatic carbocycles. The van der Waals surface area contributed by atoms with Crippen molar-refractivity contribution in [1.82, 2.24) is 0 Å². The average molecular weight is 309 g/mol. The first-order valence-electron chi connectivity index (χ1n) is 6.88. The Hall–Kier alpha value is -2.32. The van der Waals surface area contributed by atoms with E-state index in [9.17, 15) is 30.0 Å². The zero-order valence-corrected chi connectivity index (χ0v) is 12.0. The van der Waals surface area contributed by atoms with Crippen LogP contribution in [0.2, 0.25) is 0 Å². The molecular formula is C14H17N2O6+. The summed E-state index contributed by atoms with van der Waals surface area (Å²) < 4.78 is -1.18. The number of nitrogens with zero attached hydrogens (tertiary/aromatic N) is 2. The van der Waals surface area contributed by atoms with Gasteiger partial charge in [0, 0.05) is 24.1 Å². The van der Waals surface area contributed by atoms with Gasteiger partial charge >= 0.3 is 6.09 Å². The first-order valence-corrected chi connectivity index (χ1v) is 6.88. The Balaban J connectivity index is 2.19. The van der Waals surface area contributed by atoms with Crippen molar-refractivity contribution in [1.29, 1.82) is 0 Å². The van der Waals surface area contributed by atoms with Crippen LogP contribution in [0.1, 0.15) is 30.1 Å². The lowest BCUT2D eigenvalue weighted by Gasteiger charge is -2.37. The number of likely N-dealkylation sites (tertiary alicyclic amines) is 1. The predicted octanol–water partition coefficient (Wildman–Crippen LogP) is 2.46. The highest BCUT2D eigenvalue weighted by atomic mass is 16.6. The lowest BCUT2D eigenvalue weighted by Crippen LogP contribution is -2.60. The molecule has 1 fully saturated rings. The van der Waals surface area contributed by atoms with Gasteiger partial charge in [-0.05, 0) is 25.5 Å². The molecule has 0 bridgehead atoms. The van der Waals surface area contributed by atoms with E-state index >= 15 is 0 Å². The second kappa shape index (κ2) is 5.82. The van der Waals surface area contributed by atoms with E-state index in [4.69, 9.17) is 0 Å². The maximum Gasteiger partial charge on any atom is 0.547 e. The minimum Gasteiger partial charge on any atom is -0.433 e. The largest absolute Gasteiger partial charge is 0.547 e. The Morgan fingerprint density at radius 2 is 1.86 bits per heavy atom. The minimum absolute atomic E-state index is 0.119. The smallest absolute Gasteiger partial charge is 0.433 e. The third kappa shape index (κ3) is 2.83. The summed E-state index contributed by atoms with van der Waals surface area (Å²) in [7, 11) is 0. The van der Waals surface area contributed by atoms with Crippen molar-refractivity contribution in [3.8, 4) is 0 Å². The lowest BCUT2D eigenvalue weighted by atomic mass is 9.87. The van der Waals surface area contributed by atoms with Crippen molar-refractivity contribution in [3.63, 3.8) is 0 Å². The van der Waals surface area contributed by atoms with Gasteiger partial charge in [0.1, 0.15) is 12.6 Å². The van der Waals surface area contributed by atoms with Crippen molar-refractivity contribution < 1.29 is 29.5 Å². The van der Waals surface area contributed by atoms with E-state index in [1.165, 1.54) is 24.3 Å². The maximum absolute atomic E-state index is 12.4. The number of benzene rings is 1. The van der Waals surface area contributed by atoms with E-state index in [0.29, 0.717) is 12.8 Å². The van der Waals surface area contributed by atoms with Gasteiger partial charge in [-0.25, -0.2) is 5.21 Å². The number of amides is 1. The van der Waals surface area contributed by atoms with E-state index in [1.807, 2.05) is 0 Å². The number of quaternary nitrogens is 1. The highest BCUT2D eigenvalue weighted by Gasteiger charge is 2.49. The van der Waals surface area contributed by atoms with Crippen molar-refractivity contribution in [3.05, 3.63) is 39.9 Å². The monoisotopic (exact) mass is 309 g/mol. The summed E-state index contributed by atoms with van der Waals surface area (Å²) in [6.07, 6.45) is -0.495. The van der Waals surface area contributed by atoms with Gasteiger partial charge in [0.25, 0.3) is 5.69 Å². The molecule has 1 heterocycles. The van der Waals surface area contributed by atoms with Gasteiger partial charge in [-0.2, -0.15) is 4.79 Å². The zero-order chi connectivity index (χ0) is 16.5. The van der Waals surface area contributed by atoms with Crippen molar-refractivity contribution in [2.24, 2.45) is 5.92 Å². The van der Waals surface area contributed by atoms with Crippen LogP contribution in [0.25, 0.3) is 0 Å². The van der Waals surface area contributed by atoms with Gasteiger partial charge in [-0.1, -0.05) is 4.65 Å². The van der Waals surface area contributed by atoms with Crippen LogP contribution in [0.3, 0.4) is 0 Å². The van der Waals surface area contributed by atoms with Gasteiger partial charge in [-0.3, -0.25) is 14.9 Å². The summed E-state index contributed by atoms with van der Waals surface area (Å²) >= 11 is 0. The summed E-state index contributed by atoms with van der Waals surface area (Å²) in [5, 5.41) is 30.0. The number of Topliss-reactive ketones (excluding diaryl/α,β-unsaturated/α-hetero) is 1. The Morgan fingerprint density at radius 1 is 1.27 bits per heavy atom. The average Bonchev–Trinajstić information content (AvgIpc) is 2.49. The summed E-state index contributed by atoms with van der Waals surface area (Å²) in [4.78, 5) is 33.7. The summed E-state index contributed by atoms with van der Waals surface area (Å²) in [5.74, 6) is -0.932. The topological polar surface area (TPSA) is 118 Å². The minimum atomic E-state index is -1.38. The Labute approximate surface area is 126 Å². The number of nitro groups is 1. The van der Waals surface area contributed by atoms with E-state index in [0.717, 1.165) is 0 Å². The Kier molecular flexibility index (Phi) is 4.25. The molecule has 22 heavy (non-hydrogen) atoms. The number of hydrogen-bond acceptors (Lipinski definition) is 5. The molecule has 1 aliphatic heterocycles. The molecule has 0 radical (unpaired) electrons. The van der Waals surface area contributed by atoms with Crippen LogP contribution in [-0.2, 0) is 0 Å². The van der Waals surface area contributed by atoms with Gasteiger partial charge in [0.2, 0.25) is 0 Å². The zero-order valence-electron chi connectivity index (χ0n) is 12.0. The van der Waals surface area contributed by atoms with E-state index in [-0.39, 0.29) is 23.6 Å². The molecule has 1 aromatic rings. The lowest BCUT2D eigenvalue weighted by molar-refractivity contribution is -1.06. The van der Waals surface area contributed by atoms with Crippen LogP contribution < -0.4 is 0 Å². The molecule has 3 atom stereocenters. The normalized spacial score (nSPS) is 28.1. The first kappa shape index (κ1) is 16.1. The molecule has 8 heteroatoms. The van der Waals surface area contributed by atoms with Gasteiger partial charge < -0.3 is 5.11 Å². The molecule has 1 aromatic carbocycles. The first-order chi connectivity index (χ1) is 10.3. The van der Waals surface area contributed by atoms with Crippen LogP contribution in [0, 0.1) is 16.0 Å². The maximum atomic E-state index is 12.4. The number of carbonyl (C=O) groups is 2. The molecule has 0 spiro atoms. The molecule has 1 amide bonds. The number of piperidine rings is 1. The van der Waals surface area contributed by atoms with Crippen molar-refractivity contribution >= 4 is 17.6 Å². The number of carbonyl (C=O) groups excluding carboxylic acids is 1. The molecule has 118 valence electrons. The molecule has 0 aromatic heterocycles. The SMILES string of the molecule is C[C@@H]1CC[C@@H](C(=O)c2ccc([N+](=O)[O-])cc2)C[N@+]1(O)C(=O)O. The van der Waals surface area contributed by atoms with Gasteiger partial charge in [0.15, 0.2) is 5.78 Å². The van der Waals surface area contributed by atoms with Crippen LogP contribution >= 0.6 is 0 Å². The summed E-state index contributed by atoms with van der Waals surface area (Å²) in [6, 6.07) is 4.68. The molecule has 2 rings (SSSR count). The fraction of sp³-hybridized carbons (Fsp3) is 0.429. The second-order valence-corrected chi connectivity index (χ2v) is 5.58. The number of hydroxylamine groups is 3. The van der Waals surface area contributed by atoms with Crippen LogP contribution in [0.4, 0.5) is 10.5 Å². The molecule has 1 aliphatic rings. The number of non-ortho nitro benzene ring substituents is 1. The standard InChI is InChI=1S/C14H16N2O6/c1-9-2-3-11(8-16(9,22)14(18)19)13(17)10-4-6-12(7-5-10)15(20)21/h4-7,9,11,22H,2-3,8H2,1H3/p+1/t9-,11-,16-/m1/s1. The molecule has 1 saturated heterocycles. The molecule has 8 nitrogen and oxygen atoms in total. The van der Waals surface area contributed by atoms with E-state index in [1.54, 1.807) is 6.92 Å². The molecule has 0 unspecified atom stereocenters. The molecule has 0 saturated carbocycles. The van der Waals surface area contributed by atoms with E-state index in [2.05, 4.69) is 0 Å². The fourth-order valence-electron chi connectivity index (χ4n) is 2.73. The van der Waals surface area contributed by atoms with Crippen LogP contribution in [0.5, 0.6) is 0 Å². The highest BCUT2D eigenvalue weighted by Crippen LogP contribution is 2.30. The van der Waals surface area contributed by atoms with Gasteiger partial charge in [0.05, 0.1) is 10.8 Å². The third-order valence-electron chi connectivity index (χ3n) is 4.23. The number of rotatable bonds is 3. The van der Waals surface area contributed by atoms with Crippen LogP contribution in [-0.4, -0.2) is 44.3 Å². The molecule has 2 N–H and O–H groups in total. The van der Waals surface area contributed by atoms with Gasteiger partial charge in [-0.15, -0.1) is 0 Å². The third-order valence-corrected chi connectivity index (χ3v) is 4.23. The fourth-order valence-corrected chi connectivity index (χ4v) is 2.73. The van der Waals surface area contributed by atoms with Crippen molar-refractivity contribution in [2.75, 3.05) is 6.54 Å². The highest BCUT2D eigenvalue weighted by molar-refractivity contribution is 5.98. The number of ketones is 1. The number of carboxylic acid groups (broad SMARTS) is 1. The Bertz CT molecular complexity index is 614. The summed E-state index contributed by atoms with van der Waals surface area (Å²) in [6.45, 7) is 1.42. The second-order valence-electron chi connectivity index (χ2n) is 5.58.